The number of benzene rings is 8. The minimum Gasteiger partial charge on any atom is -0.236 e. The minimum absolute atomic E-state index is 0.0786. The normalized spacial score (nSPS) is 13.4. The van der Waals surface area contributed by atoms with Crippen molar-refractivity contribution in [2.45, 2.75) is 19.3 Å². The van der Waals surface area contributed by atoms with Crippen LogP contribution in [0.4, 0.5) is 0 Å². The fourth-order valence-electron chi connectivity index (χ4n) is 8.19. The Morgan fingerprint density at radius 3 is 1.98 bits per heavy atom. The van der Waals surface area contributed by atoms with Gasteiger partial charge in [0.2, 0.25) is 0 Å². The van der Waals surface area contributed by atoms with E-state index in [4.69, 9.17) is 4.98 Å². The molecule has 10 rings (SSSR count). The Kier molecular flexibility index (Phi) is 5.86. The molecule has 0 atom stereocenters. The summed E-state index contributed by atoms with van der Waals surface area (Å²) in [7, 11) is 0. The van der Waals surface area contributed by atoms with E-state index in [1.165, 1.54) is 87.1 Å². The van der Waals surface area contributed by atoms with Gasteiger partial charge in [0.15, 0.2) is 0 Å². The van der Waals surface area contributed by atoms with Gasteiger partial charge in [-0.1, -0.05) is 141 Å². The van der Waals surface area contributed by atoms with Crippen molar-refractivity contribution in [1.82, 2.24) is 4.98 Å². The molecular formula is C46H31NS. The van der Waals surface area contributed by atoms with Crippen LogP contribution in [0.1, 0.15) is 25.0 Å². The summed E-state index contributed by atoms with van der Waals surface area (Å²) in [5.41, 5.74) is 12.7. The Labute approximate surface area is 283 Å². The van der Waals surface area contributed by atoms with Gasteiger partial charge in [-0.05, 0) is 101 Å². The van der Waals surface area contributed by atoms with Crippen LogP contribution in [0.2, 0.25) is 0 Å². The van der Waals surface area contributed by atoms with E-state index in [0.717, 1.165) is 10.5 Å². The maximum Gasteiger partial charge on any atom is 0.125 e. The average molecular weight is 630 g/mol. The first kappa shape index (κ1) is 27.5. The molecule has 8 aromatic carbocycles. The van der Waals surface area contributed by atoms with E-state index in [1.54, 1.807) is 11.3 Å². The summed E-state index contributed by atoms with van der Waals surface area (Å²) < 4.78 is 1.21. The van der Waals surface area contributed by atoms with E-state index in [0.29, 0.717) is 0 Å². The molecule has 0 amide bonds. The molecule has 0 saturated carbocycles. The maximum atomic E-state index is 5.23. The summed E-state index contributed by atoms with van der Waals surface area (Å²) >= 11 is 1.78. The molecule has 0 spiro atoms. The molecule has 48 heavy (non-hydrogen) atoms. The first-order valence-electron chi connectivity index (χ1n) is 16.6. The third-order valence-corrected chi connectivity index (χ3v) is 11.5. The highest BCUT2D eigenvalue weighted by atomic mass is 32.1. The first-order chi connectivity index (χ1) is 23.6. The fourth-order valence-corrected chi connectivity index (χ4v) is 9.23. The van der Waals surface area contributed by atoms with Crippen molar-refractivity contribution < 1.29 is 0 Å². The lowest BCUT2D eigenvalue weighted by Crippen LogP contribution is -2.14. The Morgan fingerprint density at radius 1 is 0.458 bits per heavy atom. The van der Waals surface area contributed by atoms with Gasteiger partial charge in [-0.3, -0.25) is 0 Å². The molecule has 0 aliphatic heterocycles. The number of thiazole rings is 1. The molecule has 0 saturated heterocycles. The van der Waals surface area contributed by atoms with Crippen molar-refractivity contribution in [3.05, 3.63) is 163 Å². The Balaban J connectivity index is 1.35. The van der Waals surface area contributed by atoms with Crippen molar-refractivity contribution in [2.24, 2.45) is 0 Å². The van der Waals surface area contributed by atoms with Crippen LogP contribution in [0.25, 0.3) is 86.5 Å². The van der Waals surface area contributed by atoms with Crippen molar-refractivity contribution in [3.8, 4) is 44.0 Å². The number of nitrogens with zero attached hydrogens (tertiary/aromatic N) is 1. The van der Waals surface area contributed by atoms with Crippen molar-refractivity contribution in [1.29, 1.82) is 0 Å². The van der Waals surface area contributed by atoms with E-state index < -0.39 is 0 Å². The molecule has 0 bridgehead atoms. The number of aromatic nitrogens is 1. The second-order valence-electron chi connectivity index (χ2n) is 13.5. The lowest BCUT2D eigenvalue weighted by molar-refractivity contribution is 0.660. The van der Waals surface area contributed by atoms with E-state index in [1.807, 2.05) is 0 Å². The summed E-state index contributed by atoms with van der Waals surface area (Å²) in [5, 5.41) is 8.55. The molecule has 0 unspecified atom stereocenters. The van der Waals surface area contributed by atoms with Crippen LogP contribution in [-0.2, 0) is 5.41 Å². The molecule has 1 aliphatic rings. The third kappa shape index (κ3) is 3.93. The summed E-state index contributed by atoms with van der Waals surface area (Å²) in [6.45, 7) is 4.73. The summed E-state index contributed by atoms with van der Waals surface area (Å²) in [5.74, 6) is 0. The zero-order valence-electron chi connectivity index (χ0n) is 26.8. The minimum atomic E-state index is -0.0786. The van der Waals surface area contributed by atoms with Crippen molar-refractivity contribution in [3.63, 3.8) is 0 Å². The molecule has 1 nitrogen and oxygen atoms in total. The monoisotopic (exact) mass is 629 g/mol. The average Bonchev–Trinajstić information content (AvgIpc) is 3.66. The number of rotatable bonds is 3. The van der Waals surface area contributed by atoms with Gasteiger partial charge in [-0.2, -0.15) is 0 Å². The van der Waals surface area contributed by atoms with Crippen LogP contribution in [0.5, 0.6) is 0 Å². The largest absolute Gasteiger partial charge is 0.236 e. The van der Waals surface area contributed by atoms with Gasteiger partial charge < -0.3 is 0 Å². The van der Waals surface area contributed by atoms with Crippen molar-refractivity contribution in [2.75, 3.05) is 0 Å². The predicted octanol–water partition coefficient (Wildman–Crippen LogP) is 13.1. The second-order valence-corrected chi connectivity index (χ2v) is 14.5. The lowest BCUT2D eigenvalue weighted by Gasteiger charge is -2.22. The highest BCUT2D eigenvalue weighted by Crippen LogP contribution is 2.55. The molecule has 2 heteroatoms. The molecule has 9 aromatic rings. The lowest BCUT2D eigenvalue weighted by atomic mass is 9.81. The highest BCUT2D eigenvalue weighted by Gasteiger charge is 2.37. The Hall–Kier alpha value is -5.57. The van der Waals surface area contributed by atoms with Crippen LogP contribution in [0.3, 0.4) is 0 Å². The molecule has 0 fully saturated rings. The Bertz CT molecular complexity index is 2730. The second kappa shape index (κ2) is 10.2. The number of fused-ring (bicyclic) bond motifs is 7. The summed E-state index contributed by atoms with van der Waals surface area (Å²) in [6.07, 6.45) is 0. The van der Waals surface area contributed by atoms with E-state index in [2.05, 4.69) is 166 Å². The molecule has 0 radical (unpaired) electrons. The standard InChI is InChI=1S/C46H31NS/c1-46(2)38-18-8-7-16-35(38)43-36(17-11-19-39(43)46)42-32-14-5-6-15-33(32)44(45-47-40-20-9-10-21-41(40)48-45)34-25-24-31(27-37(34)42)30-23-22-28-12-3-4-13-29(28)26-30/h3-27H,1-2H3. The fraction of sp³-hybridized carbons (Fsp3) is 0.0652. The predicted molar refractivity (Wildman–Crippen MR) is 206 cm³/mol. The molecule has 0 N–H and O–H groups in total. The van der Waals surface area contributed by atoms with E-state index in [-0.39, 0.29) is 5.41 Å². The third-order valence-electron chi connectivity index (χ3n) is 10.5. The smallest absolute Gasteiger partial charge is 0.125 e. The van der Waals surface area contributed by atoms with Crippen LogP contribution >= 0.6 is 11.3 Å². The molecule has 1 heterocycles. The highest BCUT2D eigenvalue weighted by molar-refractivity contribution is 7.21. The van der Waals surface area contributed by atoms with Gasteiger partial charge in [-0.25, -0.2) is 4.98 Å². The zero-order valence-corrected chi connectivity index (χ0v) is 27.6. The van der Waals surface area contributed by atoms with Gasteiger partial charge in [-0.15, -0.1) is 11.3 Å². The van der Waals surface area contributed by atoms with E-state index >= 15 is 0 Å². The topological polar surface area (TPSA) is 12.9 Å². The van der Waals surface area contributed by atoms with Crippen LogP contribution in [0, 0.1) is 0 Å². The van der Waals surface area contributed by atoms with Crippen LogP contribution < -0.4 is 0 Å². The molecule has 1 aliphatic carbocycles. The van der Waals surface area contributed by atoms with E-state index in [9.17, 15) is 0 Å². The number of hydrogen-bond acceptors (Lipinski definition) is 2. The first-order valence-corrected chi connectivity index (χ1v) is 17.5. The number of para-hydroxylation sites is 1. The molecule has 226 valence electrons. The van der Waals surface area contributed by atoms with Gasteiger partial charge in [0.05, 0.1) is 10.2 Å². The van der Waals surface area contributed by atoms with Crippen LogP contribution in [-0.4, -0.2) is 4.98 Å². The van der Waals surface area contributed by atoms with Gasteiger partial charge in [0, 0.05) is 11.0 Å². The SMILES string of the molecule is CC1(C)c2ccccc2-c2c(-c3c4ccccc4c(-c4nc5ccccc5s4)c4ccc(-c5ccc6ccccc6c5)cc34)cccc21. The zero-order chi connectivity index (χ0) is 32.0. The summed E-state index contributed by atoms with van der Waals surface area (Å²) in [6, 6.07) is 55.9. The molecular weight excluding hydrogens is 599 g/mol. The molecule has 1 aromatic heterocycles. The maximum absolute atomic E-state index is 5.23. The quantitative estimate of drug-likeness (QED) is 0.177. The van der Waals surface area contributed by atoms with Crippen molar-refractivity contribution >= 4 is 53.9 Å². The van der Waals surface area contributed by atoms with Gasteiger partial charge in [0.25, 0.3) is 0 Å². The van der Waals surface area contributed by atoms with Crippen LogP contribution in [0.15, 0.2) is 152 Å². The number of hydrogen-bond donors (Lipinski definition) is 0. The Morgan fingerprint density at radius 2 is 1.10 bits per heavy atom. The van der Waals surface area contributed by atoms with Gasteiger partial charge >= 0.3 is 0 Å². The van der Waals surface area contributed by atoms with Gasteiger partial charge in [0.1, 0.15) is 5.01 Å². The summed E-state index contributed by atoms with van der Waals surface area (Å²) in [4.78, 5) is 5.23.